The Bertz CT molecular complexity index is 1370. The Morgan fingerprint density at radius 1 is 1.08 bits per heavy atom. The van der Waals surface area contributed by atoms with Crippen LogP contribution in [0.25, 0.3) is 6.08 Å². The van der Waals surface area contributed by atoms with Gasteiger partial charge in [0, 0.05) is 19.4 Å². The summed E-state index contributed by atoms with van der Waals surface area (Å²) in [6.07, 6.45) is 3.98. The monoisotopic (exact) mass is 551 g/mol. The lowest BCUT2D eigenvalue weighted by atomic mass is 10.1. The van der Waals surface area contributed by atoms with Gasteiger partial charge in [-0.2, -0.15) is 0 Å². The standard InChI is InChI=1S/C30H33NO7S/c32-26(17-19-38-29-12-5-4-8-24(29)14-16-30(33)34)15-13-23-7-6-9-25(21-23)31(22-27-18-20-37-27)39(35,36)28-10-2-1-3-11-28/h1-13,15,21,26-27,32H,14,16-20,22H2,(H,33,34)/b15-13+/t26-,27?/m0/s1. The normalized spacial score (nSPS) is 16.0. The zero-order valence-electron chi connectivity index (χ0n) is 21.6. The molecule has 206 valence electrons. The Labute approximate surface area is 229 Å². The van der Waals surface area contributed by atoms with E-state index in [1.54, 1.807) is 66.7 Å². The number of hydrogen-bond acceptors (Lipinski definition) is 6. The molecule has 2 atom stereocenters. The van der Waals surface area contributed by atoms with E-state index in [4.69, 9.17) is 14.6 Å². The number of carbonyl (C=O) groups is 1. The lowest BCUT2D eigenvalue weighted by Crippen LogP contribution is -2.43. The zero-order valence-corrected chi connectivity index (χ0v) is 22.4. The Morgan fingerprint density at radius 2 is 1.82 bits per heavy atom. The molecule has 0 aromatic heterocycles. The van der Waals surface area contributed by atoms with Crippen molar-refractivity contribution in [3.63, 3.8) is 0 Å². The van der Waals surface area contributed by atoms with Crippen LogP contribution < -0.4 is 9.04 Å². The molecule has 1 aliphatic heterocycles. The van der Waals surface area contributed by atoms with E-state index in [0.717, 1.165) is 17.5 Å². The third-order valence-electron chi connectivity index (χ3n) is 6.42. The summed E-state index contributed by atoms with van der Waals surface area (Å²) in [6.45, 7) is 1.10. The SMILES string of the molecule is O=C(O)CCc1ccccc1OCC[C@@H](O)/C=C/c1cccc(N(CC2CCO2)S(=O)(=O)c2ccccc2)c1. The maximum Gasteiger partial charge on any atom is 0.303 e. The Balaban J connectivity index is 1.40. The molecule has 9 heteroatoms. The van der Waals surface area contributed by atoms with Crippen LogP contribution >= 0.6 is 0 Å². The second-order valence-corrected chi connectivity index (χ2v) is 11.2. The van der Waals surface area contributed by atoms with Gasteiger partial charge in [0.1, 0.15) is 5.75 Å². The lowest BCUT2D eigenvalue weighted by Gasteiger charge is -2.33. The molecular weight excluding hydrogens is 518 g/mol. The maximum atomic E-state index is 13.5. The number of ether oxygens (including phenoxy) is 2. The van der Waals surface area contributed by atoms with Crippen molar-refractivity contribution in [2.75, 3.05) is 24.1 Å². The van der Waals surface area contributed by atoms with Crippen molar-refractivity contribution >= 4 is 27.8 Å². The topological polar surface area (TPSA) is 113 Å². The van der Waals surface area contributed by atoms with Crippen LogP contribution in [0.5, 0.6) is 5.75 Å². The molecule has 1 heterocycles. The number of aryl methyl sites for hydroxylation is 1. The highest BCUT2D eigenvalue weighted by Gasteiger charge is 2.30. The average Bonchev–Trinajstić information content (AvgIpc) is 2.91. The first-order valence-electron chi connectivity index (χ1n) is 12.9. The highest BCUT2D eigenvalue weighted by atomic mass is 32.2. The van der Waals surface area contributed by atoms with Crippen LogP contribution in [0.15, 0.2) is 89.8 Å². The molecule has 0 bridgehead atoms. The first-order valence-corrected chi connectivity index (χ1v) is 14.3. The lowest BCUT2D eigenvalue weighted by molar-refractivity contribution is -0.136. The summed E-state index contributed by atoms with van der Waals surface area (Å²) >= 11 is 0. The number of aliphatic hydroxyl groups excluding tert-OH is 1. The van der Waals surface area contributed by atoms with Crippen LogP contribution in [0, 0.1) is 0 Å². The number of carboxylic acids is 1. The fourth-order valence-electron chi connectivity index (χ4n) is 4.16. The Hall–Kier alpha value is -3.66. The fourth-order valence-corrected chi connectivity index (χ4v) is 5.67. The van der Waals surface area contributed by atoms with Crippen LogP contribution in [0.3, 0.4) is 0 Å². The first kappa shape index (κ1) is 28.4. The van der Waals surface area contributed by atoms with Crippen molar-refractivity contribution in [3.05, 3.63) is 96.1 Å². The highest BCUT2D eigenvalue weighted by molar-refractivity contribution is 7.92. The van der Waals surface area contributed by atoms with Gasteiger partial charge in [-0.25, -0.2) is 8.42 Å². The predicted octanol–water partition coefficient (Wildman–Crippen LogP) is 4.53. The third kappa shape index (κ3) is 7.92. The molecule has 1 aliphatic rings. The van der Waals surface area contributed by atoms with Gasteiger partial charge in [-0.3, -0.25) is 9.10 Å². The molecule has 8 nitrogen and oxygen atoms in total. The molecule has 3 aromatic rings. The number of aliphatic carboxylic acids is 1. The van der Waals surface area contributed by atoms with Crippen molar-refractivity contribution < 1.29 is 32.9 Å². The van der Waals surface area contributed by atoms with Gasteiger partial charge in [0.25, 0.3) is 10.0 Å². The average molecular weight is 552 g/mol. The van der Waals surface area contributed by atoms with Crippen LogP contribution in [0.1, 0.15) is 30.4 Å². The number of hydrogen-bond donors (Lipinski definition) is 2. The van der Waals surface area contributed by atoms with Crippen molar-refractivity contribution in [2.24, 2.45) is 0 Å². The smallest absolute Gasteiger partial charge is 0.303 e. The molecule has 4 rings (SSSR count). The highest BCUT2D eigenvalue weighted by Crippen LogP contribution is 2.28. The number of benzene rings is 3. The second kappa shape index (κ2) is 13.4. The summed E-state index contributed by atoms with van der Waals surface area (Å²) in [5.74, 6) is -0.260. The van der Waals surface area contributed by atoms with Crippen molar-refractivity contribution in [2.45, 2.75) is 42.8 Å². The minimum Gasteiger partial charge on any atom is -0.493 e. The number of anilines is 1. The van der Waals surface area contributed by atoms with E-state index >= 15 is 0 Å². The van der Waals surface area contributed by atoms with Crippen molar-refractivity contribution in [3.8, 4) is 5.75 Å². The number of rotatable bonds is 14. The molecule has 3 aromatic carbocycles. The van der Waals surface area contributed by atoms with E-state index in [1.165, 1.54) is 4.31 Å². The molecular formula is C30H33NO7S. The summed E-state index contributed by atoms with van der Waals surface area (Å²) in [7, 11) is -3.79. The molecule has 0 saturated carbocycles. The number of sulfonamides is 1. The molecule has 1 saturated heterocycles. The van der Waals surface area contributed by atoms with Gasteiger partial charge in [-0.1, -0.05) is 60.7 Å². The van der Waals surface area contributed by atoms with Gasteiger partial charge in [0.05, 0.1) is 35.9 Å². The molecule has 1 fully saturated rings. The molecule has 0 radical (unpaired) electrons. The second-order valence-electron chi connectivity index (χ2n) is 9.29. The molecule has 39 heavy (non-hydrogen) atoms. The summed E-state index contributed by atoms with van der Waals surface area (Å²) in [5, 5.41) is 19.4. The minimum atomic E-state index is -3.79. The third-order valence-corrected chi connectivity index (χ3v) is 8.22. The molecule has 0 spiro atoms. The number of nitrogens with zero attached hydrogens (tertiary/aromatic N) is 1. The summed E-state index contributed by atoms with van der Waals surface area (Å²) < 4.78 is 39.7. The van der Waals surface area contributed by atoms with Gasteiger partial charge in [0.2, 0.25) is 0 Å². The van der Waals surface area contributed by atoms with Crippen molar-refractivity contribution in [1.29, 1.82) is 0 Å². The van der Waals surface area contributed by atoms with Crippen LogP contribution in [-0.4, -0.2) is 56.6 Å². The zero-order chi connectivity index (χ0) is 27.7. The van der Waals surface area contributed by atoms with Crippen molar-refractivity contribution in [1.82, 2.24) is 0 Å². The summed E-state index contributed by atoms with van der Waals surface area (Å²) in [4.78, 5) is 11.1. The Kier molecular flexibility index (Phi) is 9.75. The molecule has 0 aliphatic carbocycles. The first-order chi connectivity index (χ1) is 18.8. The quantitative estimate of drug-likeness (QED) is 0.303. The minimum absolute atomic E-state index is 0.0164. The Morgan fingerprint density at radius 3 is 2.54 bits per heavy atom. The van der Waals surface area contributed by atoms with Crippen LogP contribution in [0.2, 0.25) is 0 Å². The van der Waals surface area contributed by atoms with E-state index in [0.29, 0.717) is 30.9 Å². The molecule has 0 amide bonds. The number of para-hydroxylation sites is 1. The largest absolute Gasteiger partial charge is 0.493 e. The van der Waals surface area contributed by atoms with Crippen LogP contribution in [-0.2, 0) is 26.0 Å². The van der Waals surface area contributed by atoms with E-state index in [9.17, 15) is 18.3 Å². The summed E-state index contributed by atoms with van der Waals surface area (Å²) in [6, 6.07) is 22.8. The number of carboxylic acid groups (broad SMARTS) is 1. The van der Waals surface area contributed by atoms with E-state index in [-0.39, 0.29) is 30.6 Å². The van der Waals surface area contributed by atoms with Crippen LogP contribution in [0.4, 0.5) is 5.69 Å². The molecule has 2 N–H and O–H groups in total. The predicted molar refractivity (Wildman–Crippen MR) is 149 cm³/mol. The van der Waals surface area contributed by atoms with Gasteiger partial charge >= 0.3 is 5.97 Å². The van der Waals surface area contributed by atoms with Gasteiger partial charge < -0.3 is 19.7 Å². The van der Waals surface area contributed by atoms with E-state index in [1.807, 2.05) is 24.3 Å². The molecule has 1 unspecified atom stereocenters. The van der Waals surface area contributed by atoms with E-state index < -0.39 is 22.1 Å². The fraction of sp³-hybridized carbons (Fsp3) is 0.300. The van der Waals surface area contributed by atoms with Gasteiger partial charge in [-0.05, 0) is 54.3 Å². The number of aliphatic hydroxyl groups is 1. The van der Waals surface area contributed by atoms with E-state index in [2.05, 4.69) is 0 Å². The van der Waals surface area contributed by atoms with Gasteiger partial charge in [0.15, 0.2) is 0 Å². The van der Waals surface area contributed by atoms with Gasteiger partial charge in [-0.15, -0.1) is 0 Å². The maximum absolute atomic E-state index is 13.5. The summed E-state index contributed by atoms with van der Waals surface area (Å²) in [5.41, 5.74) is 2.07.